The molecule has 2 rings (SSSR count). The van der Waals surface area contributed by atoms with Gasteiger partial charge in [0.15, 0.2) is 6.04 Å². The van der Waals surface area contributed by atoms with E-state index in [0.29, 0.717) is 6.54 Å². The minimum absolute atomic E-state index is 0.0137. The van der Waals surface area contributed by atoms with Gasteiger partial charge in [0, 0.05) is 6.54 Å². The number of hydrogen-bond acceptors (Lipinski definition) is 2. The van der Waals surface area contributed by atoms with Gasteiger partial charge in [-0.05, 0) is 32.0 Å². The molecule has 1 aromatic carbocycles. The Labute approximate surface area is 137 Å². The lowest BCUT2D eigenvalue weighted by Gasteiger charge is -2.32. The minimum atomic E-state index is -0.227. The molecule has 1 aromatic rings. The highest BCUT2D eigenvalue weighted by Gasteiger charge is 2.31. The number of hydrogen-bond donors (Lipinski definition) is 3. The predicted octanol–water partition coefficient (Wildman–Crippen LogP) is -1.36. The van der Waals surface area contributed by atoms with Crippen molar-refractivity contribution in [2.75, 3.05) is 39.8 Å². The van der Waals surface area contributed by atoms with Crippen LogP contribution in [-0.2, 0) is 11.3 Å². The molecule has 1 aliphatic heterocycles. The fourth-order valence-corrected chi connectivity index (χ4v) is 3.20. The molecule has 6 heteroatoms. The number of benzene rings is 1. The number of amides is 1. The molecule has 0 radical (unpaired) electrons. The van der Waals surface area contributed by atoms with E-state index in [1.54, 1.807) is 19.2 Å². The van der Waals surface area contributed by atoms with Crippen molar-refractivity contribution in [1.82, 2.24) is 5.32 Å². The number of quaternary nitrogens is 2. The van der Waals surface area contributed by atoms with Crippen LogP contribution in [0.1, 0.15) is 19.4 Å². The lowest BCUT2D eigenvalue weighted by molar-refractivity contribution is -1.02. The van der Waals surface area contributed by atoms with E-state index in [4.69, 9.17) is 4.74 Å². The SMILES string of the molecule is CCNC(=O)[C@H](C)[NH+]1CC[NH+](Cc2cc(F)ccc2OC)CC1. The fourth-order valence-electron chi connectivity index (χ4n) is 3.20. The van der Waals surface area contributed by atoms with Crippen LogP contribution in [0.4, 0.5) is 4.39 Å². The van der Waals surface area contributed by atoms with Gasteiger partial charge in [0.1, 0.15) is 44.3 Å². The first kappa shape index (κ1) is 17.7. The van der Waals surface area contributed by atoms with Crippen LogP contribution < -0.4 is 19.9 Å². The Hall–Kier alpha value is -1.66. The number of ether oxygens (including phenoxy) is 1. The molecule has 1 fully saturated rings. The molecule has 1 atom stereocenters. The van der Waals surface area contributed by atoms with Gasteiger partial charge in [0.05, 0.1) is 12.7 Å². The van der Waals surface area contributed by atoms with Crippen molar-refractivity contribution >= 4 is 5.91 Å². The Balaban J connectivity index is 1.90. The van der Waals surface area contributed by atoms with Gasteiger partial charge in [-0.3, -0.25) is 4.79 Å². The van der Waals surface area contributed by atoms with Crippen LogP contribution in [0.2, 0.25) is 0 Å². The van der Waals surface area contributed by atoms with Crippen molar-refractivity contribution in [2.45, 2.75) is 26.4 Å². The van der Waals surface area contributed by atoms with Gasteiger partial charge in [-0.25, -0.2) is 4.39 Å². The second kappa shape index (κ2) is 8.26. The zero-order valence-corrected chi connectivity index (χ0v) is 14.2. The maximum Gasteiger partial charge on any atom is 0.278 e. The summed E-state index contributed by atoms with van der Waals surface area (Å²) in [7, 11) is 1.61. The quantitative estimate of drug-likeness (QED) is 0.605. The van der Waals surface area contributed by atoms with Gasteiger partial charge >= 0.3 is 0 Å². The number of nitrogens with one attached hydrogen (secondary N) is 3. The Morgan fingerprint density at radius 2 is 2.04 bits per heavy atom. The zero-order valence-electron chi connectivity index (χ0n) is 14.2. The van der Waals surface area contributed by atoms with E-state index in [0.717, 1.165) is 44.0 Å². The van der Waals surface area contributed by atoms with Gasteiger partial charge < -0.3 is 19.9 Å². The van der Waals surface area contributed by atoms with Crippen LogP contribution >= 0.6 is 0 Å². The Morgan fingerprint density at radius 1 is 1.35 bits per heavy atom. The maximum absolute atomic E-state index is 13.5. The molecule has 0 spiro atoms. The van der Waals surface area contributed by atoms with Gasteiger partial charge in [0.25, 0.3) is 5.91 Å². The molecule has 1 saturated heterocycles. The smallest absolute Gasteiger partial charge is 0.278 e. The molecule has 1 amide bonds. The summed E-state index contributed by atoms with van der Waals surface area (Å²) in [6.07, 6.45) is 0. The van der Waals surface area contributed by atoms with E-state index in [-0.39, 0.29) is 17.8 Å². The molecular formula is C17H28FN3O2+2. The van der Waals surface area contributed by atoms with E-state index in [2.05, 4.69) is 5.32 Å². The van der Waals surface area contributed by atoms with Crippen molar-refractivity contribution in [2.24, 2.45) is 0 Å². The number of carbonyl (C=O) groups is 1. The number of likely N-dealkylation sites (N-methyl/N-ethyl adjacent to an activating group) is 1. The first-order valence-corrected chi connectivity index (χ1v) is 8.33. The second-order valence-electron chi connectivity index (χ2n) is 6.16. The van der Waals surface area contributed by atoms with E-state index >= 15 is 0 Å². The molecule has 128 valence electrons. The largest absolute Gasteiger partial charge is 0.496 e. The van der Waals surface area contributed by atoms with E-state index < -0.39 is 0 Å². The number of rotatable bonds is 6. The molecule has 0 aliphatic carbocycles. The van der Waals surface area contributed by atoms with Crippen molar-refractivity contribution in [3.8, 4) is 5.75 Å². The van der Waals surface area contributed by atoms with E-state index in [9.17, 15) is 9.18 Å². The third kappa shape index (κ3) is 4.65. The second-order valence-corrected chi connectivity index (χ2v) is 6.16. The average Bonchev–Trinajstić information content (AvgIpc) is 2.55. The first-order chi connectivity index (χ1) is 11.0. The third-order valence-corrected chi connectivity index (χ3v) is 4.64. The third-order valence-electron chi connectivity index (χ3n) is 4.64. The van der Waals surface area contributed by atoms with Crippen LogP contribution in [0.5, 0.6) is 5.75 Å². The number of methoxy groups -OCH3 is 1. The first-order valence-electron chi connectivity index (χ1n) is 8.33. The predicted molar refractivity (Wildman–Crippen MR) is 86.2 cm³/mol. The zero-order chi connectivity index (χ0) is 16.8. The maximum atomic E-state index is 13.5. The summed E-state index contributed by atoms with van der Waals surface area (Å²) >= 11 is 0. The molecule has 5 nitrogen and oxygen atoms in total. The molecule has 23 heavy (non-hydrogen) atoms. The van der Waals surface area contributed by atoms with E-state index in [1.165, 1.54) is 15.9 Å². The summed E-state index contributed by atoms with van der Waals surface area (Å²) in [5.41, 5.74) is 0.905. The van der Waals surface area contributed by atoms with Crippen LogP contribution in [0.3, 0.4) is 0 Å². The highest BCUT2D eigenvalue weighted by molar-refractivity contribution is 5.79. The van der Waals surface area contributed by atoms with Crippen molar-refractivity contribution in [1.29, 1.82) is 0 Å². The summed E-state index contributed by atoms with van der Waals surface area (Å²) in [5, 5.41) is 2.89. The number of halogens is 1. The molecule has 1 aliphatic rings. The summed E-state index contributed by atoms with van der Waals surface area (Å²) in [4.78, 5) is 14.7. The van der Waals surface area contributed by atoms with Crippen molar-refractivity contribution in [3.63, 3.8) is 0 Å². The Morgan fingerprint density at radius 3 is 2.65 bits per heavy atom. The van der Waals surface area contributed by atoms with Crippen LogP contribution in [0, 0.1) is 5.82 Å². The lowest BCUT2D eigenvalue weighted by atomic mass is 10.1. The molecule has 0 unspecified atom stereocenters. The topological polar surface area (TPSA) is 47.2 Å². The molecular weight excluding hydrogens is 297 g/mol. The summed E-state index contributed by atoms with van der Waals surface area (Å²) < 4.78 is 18.8. The molecule has 3 N–H and O–H groups in total. The molecule has 0 saturated carbocycles. The van der Waals surface area contributed by atoms with Gasteiger partial charge in [-0.2, -0.15) is 0 Å². The summed E-state index contributed by atoms with van der Waals surface area (Å²) in [6, 6.07) is 4.65. The summed E-state index contributed by atoms with van der Waals surface area (Å²) in [6.45, 7) is 9.19. The molecule has 0 aromatic heterocycles. The standard InChI is InChI=1S/C17H26FN3O2/c1-4-19-17(22)13(2)21-9-7-20(8-10-21)12-14-11-15(18)5-6-16(14)23-3/h5-6,11,13H,4,7-10,12H2,1-3H3,(H,19,22)/p+2/t13-/m0/s1. The van der Waals surface area contributed by atoms with Crippen LogP contribution in [0.15, 0.2) is 18.2 Å². The highest BCUT2D eigenvalue weighted by atomic mass is 19.1. The molecule has 1 heterocycles. The Bertz CT molecular complexity index is 531. The normalized spacial score (nSPS) is 22.4. The van der Waals surface area contributed by atoms with Crippen LogP contribution in [-0.4, -0.2) is 51.8 Å². The summed E-state index contributed by atoms with van der Waals surface area (Å²) in [5.74, 6) is 0.636. The van der Waals surface area contributed by atoms with E-state index in [1.807, 2.05) is 13.8 Å². The molecule has 0 bridgehead atoms. The minimum Gasteiger partial charge on any atom is -0.496 e. The monoisotopic (exact) mass is 325 g/mol. The lowest BCUT2D eigenvalue weighted by Crippen LogP contribution is -3.29. The van der Waals surface area contributed by atoms with Gasteiger partial charge in [0.2, 0.25) is 0 Å². The highest BCUT2D eigenvalue weighted by Crippen LogP contribution is 2.18. The van der Waals surface area contributed by atoms with Crippen molar-refractivity contribution in [3.05, 3.63) is 29.6 Å². The fraction of sp³-hybridized carbons (Fsp3) is 0.588. The van der Waals surface area contributed by atoms with Crippen molar-refractivity contribution < 1.29 is 23.7 Å². The Kier molecular flexibility index (Phi) is 6.36. The van der Waals surface area contributed by atoms with Gasteiger partial charge in [-0.1, -0.05) is 0 Å². The van der Waals surface area contributed by atoms with Gasteiger partial charge in [-0.15, -0.1) is 0 Å². The number of piperazine rings is 1. The van der Waals surface area contributed by atoms with Crippen LogP contribution in [0.25, 0.3) is 0 Å². The average molecular weight is 325 g/mol. The number of carbonyl (C=O) groups excluding carboxylic acids is 1.